The van der Waals surface area contributed by atoms with Crippen molar-refractivity contribution in [2.45, 2.75) is 78.7 Å². The van der Waals surface area contributed by atoms with Crippen molar-refractivity contribution >= 4 is 0 Å². The zero-order valence-corrected chi connectivity index (χ0v) is 14.7. The molecule has 2 aliphatic rings. The standard InChI is InChI=1S/C19H36O2/c1-15(2)10-16-7-8-18(21-14-16)12-19(3,4)11-17-6-5-9-20-13-17/h15-18H,5-14H2,1-4H3/t16?,17-,18?/m1/s1. The van der Waals surface area contributed by atoms with E-state index in [0.717, 1.165) is 37.6 Å². The summed E-state index contributed by atoms with van der Waals surface area (Å²) >= 11 is 0. The molecule has 21 heavy (non-hydrogen) atoms. The molecule has 2 saturated heterocycles. The normalized spacial score (nSPS) is 31.6. The second-order valence-corrected chi connectivity index (χ2v) is 8.68. The van der Waals surface area contributed by atoms with Gasteiger partial charge in [-0.25, -0.2) is 0 Å². The third kappa shape index (κ3) is 6.28. The van der Waals surface area contributed by atoms with Crippen LogP contribution in [0.15, 0.2) is 0 Å². The maximum Gasteiger partial charge on any atom is 0.0580 e. The summed E-state index contributed by atoms with van der Waals surface area (Å²) in [6, 6.07) is 0. The lowest BCUT2D eigenvalue weighted by atomic mass is 9.75. The van der Waals surface area contributed by atoms with Crippen LogP contribution in [0.5, 0.6) is 0 Å². The van der Waals surface area contributed by atoms with E-state index in [9.17, 15) is 0 Å². The third-order valence-corrected chi connectivity index (χ3v) is 5.15. The molecule has 0 amide bonds. The van der Waals surface area contributed by atoms with Gasteiger partial charge in [0.25, 0.3) is 0 Å². The Bertz CT molecular complexity index is 284. The number of rotatable bonds is 6. The van der Waals surface area contributed by atoms with Crippen molar-refractivity contribution in [2.24, 2.45) is 23.2 Å². The predicted octanol–water partition coefficient (Wildman–Crippen LogP) is 5.06. The van der Waals surface area contributed by atoms with Gasteiger partial charge in [-0.1, -0.05) is 27.7 Å². The summed E-state index contributed by atoms with van der Waals surface area (Å²) in [5.41, 5.74) is 0.390. The molecule has 2 rings (SSSR count). The molecule has 0 spiro atoms. The molecule has 0 aromatic carbocycles. The Hall–Kier alpha value is -0.0800. The van der Waals surface area contributed by atoms with Crippen molar-refractivity contribution in [3.63, 3.8) is 0 Å². The Morgan fingerprint density at radius 1 is 1.00 bits per heavy atom. The quantitative estimate of drug-likeness (QED) is 0.682. The zero-order valence-electron chi connectivity index (χ0n) is 14.7. The van der Waals surface area contributed by atoms with Gasteiger partial charge in [-0.3, -0.25) is 0 Å². The van der Waals surface area contributed by atoms with Crippen LogP contribution in [0.1, 0.15) is 72.6 Å². The summed E-state index contributed by atoms with van der Waals surface area (Å²) in [4.78, 5) is 0. The monoisotopic (exact) mass is 296 g/mol. The van der Waals surface area contributed by atoms with E-state index in [1.165, 1.54) is 44.9 Å². The molecular formula is C19H36O2. The highest BCUT2D eigenvalue weighted by Gasteiger charge is 2.31. The second-order valence-electron chi connectivity index (χ2n) is 8.68. The molecule has 0 saturated carbocycles. The largest absolute Gasteiger partial charge is 0.381 e. The van der Waals surface area contributed by atoms with Gasteiger partial charge in [0.2, 0.25) is 0 Å². The third-order valence-electron chi connectivity index (χ3n) is 5.15. The number of hydrogen-bond acceptors (Lipinski definition) is 2. The second kappa shape index (κ2) is 7.97. The Morgan fingerprint density at radius 2 is 1.81 bits per heavy atom. The average molecular weight is 296 g/mol. The van der Waals surface area contributed by atoms with Crippen LogP contribution in [0.25, 0.3) is 0 Å². The van der Waals surface area contributed by atoms with Crippen LogP contribution in [0.2, 0.25) is 0 Å². The molecule has 2 heterocycles. The first-order chi connectivity index (χ1) is 9.94. The van der Waals surface area contributed by atoms with Crippen LogP contribution in [0.3, 0.4) is 0 Å². The lowest BCUT2D eigenvalue weighted by Gasteiger charge is -2.37. The van der Waals surface area contributed by atoms with Gasteiger partial charge in [-0.05, 0) is 68.1 Å². The van der Waals surface area contributed by atoms with E-state index >= 15 is 0 Å². The molecule has 0 aromatic heterocycles. The van der Waals surface area contributed by atoms with Gasteiger partial charge in [0.15, 0.2) is 0 Å². The van der Waals surface area contributed by atoms with Gasteiger partial charge in [0, 0.05) is 19.8 Å². The van der Waals surface area contributed by atoms with Crippen molar-refractivity contribution in [1.29, 1.82) is 0 Å². The molecule has 2 fully saturated rings. The molecule has 0 N–H and O–H groups in total. The molecule has 3 atom stereocenters. The van der Waals surface area contributed by atoms with Crippen LogP contribution >= 0.6 is 0 Å². The van der Waals surface area contributed by atoms with Crippen molar-refractivity contribution in [3.05, 3.63) is 0 Å². The minimum atomic E-state index is 0.390. The van der Waals surface area contributed by atoms with Crippen LogP contribution < -0.4 is 0 Å². The smallest absolute Gasteiger partial charge is 0.0580 e. The summed E-state index contributed by atoms with van der Waals surface area (Å²) < 4.78 is 11.8. The van der Waals surface area contributed by atoms with Crippen molar-refractivity contribution in [1.82, 2.24) is 0 Å². The molecule has 2 aliphatic heterocycles. The SMILES string of the molecule is CC(C)CC1CCC(CC(C)(C)C[C@H]2CCCOC2)OC1. The van der Waals surface area contributed by atoms with Gasteiger partial charge in [-0.2, -0.15) is 0 Å². The summed E-state index contributed by atoms with van der Waals surface area (Å²) in [6.07, 6.45) is 9.57. The van der Waals surface area contributed by atoms with Gasteiger partial charge >= 0.3 is 0 Å². The molecule has 2 unspecified atom stereocenters. The van der Waals surface area contributed by atoms with E-state index in [0.29, 0.717) is 11.5 Å². The van der Waals surface area contributed by atoms with Gasteiger partial charge in [0.05, 0.1) is 6.10 Å². The van der Waals surface area contributed by atoms with Crippen LogP contribution in [0, 0.1) is 23.2 Å². The van der Waals surface area contributed by atoms with Crippen LogP contribution in [0.4, 0.5) is 0 Å². The fourth-order valence-corrected chi connectivity index (χ4v) is 4.32. The minimum absolute atomic E-state index is 0.390. The molecular weight excluding hydrogens is 260 g/mol. The first kappa shape index (κ1) is 17.3. The Balaban J connectivity index is 1.71. The fourth-order valence-electron chi connectivity index (χ4n) is 4.32. The highest BCUT2D eigenvalue weighted by atomic mass is 16.5. The van der Waals surface area contributed by atoms with E-state index in [1.54, 1.807) is 0 Å². The van der Waals surface area contributed by atoms with Crippen molar-refractivity contribution < 1.29 is 9.47 Å². The van der Waals surface area contributed by atoms with Crippen LogP contribution in [-0.2, 0) is 9.47 Å². The van der Waals surface area contributed by atoms with Crippen molar-refractivity contribution in [2.75, 3.05) is 19.8 Å². The lowest BCUT2D eigenvalue weighted by molar-refractivity contribution is -0.0472. The summed E-state index contributed by atoms with van der Waals surface area (Å²) in [6.45, 7) is 12.4. The molecule has 0 aliphatic carbocycles. The van der Waals surface area contributed by atoms with Gasteiger partial charge < -0.3 is 9.47 Å². The molecule has 124 valence electrons. The van der Waals surface area contributed by atoms with E-state index < -0.39 is 0 Å². The van der Waals surface area contributed by atoms with E-state index in [1.807, 2.05) is 0 Å². The zero-order chi connectivity index (χ0) is 15.3. The van der Waals surface area contributed by atoms with Crippen LogP contribution in [-0.4, -0.2) is 25.9 Å². The number of hydrogen-bond donors (Lipinski definition) is 0. The molecule has 0 radical (unpaired) electrons. The first-order valence-electron chi connectivity index (χ1n) is 9.14. The highest BCUT2D eigenvalue weighted by molar-refractivity contribution is 4.81. The van der Waals surface area contributed by atoms with E-state index in [-0.39, 0.29) is 0 Å². The van der Waals surface area contributed by atoms with Gasteiger partial charge in [-0.15, -0.1) is 0 Å². The summed E-state index contributed by atoms with van der Waals surface area (Å²) in [5, 5.41) is 0. The Kier molecular flexibility index (Phi) is 6.55. The average Bonchev–Trinajstić information content (AvgIpc) is 2.40. The molecule has 2 nitrogen and oxygen atoms in total. The summed E-state index contributed by atoms with van der Waals surface area (Å²) in [5.74, 6) is 2.38. The van der Waals surface area contributed by atoms with Crippen molar-refractivity contribution in [3.8, 4) is 0 Å². The molecule has 0 bridgehead atoms. The Labute approximate surface area is 132 Å². The number of ether oxygens (including phenoxy) is 2. The molecule has 2 heteroatoms. The maximum absolute atomic E-state index is 6.19. The highest BCUT2D eigenvalue weighted by Crippen LogP contribution is 2.37. The lowest BCUT2D eigenvalue weighted by Crippen LogP contribution is -2.32. The Morgan fingerprint density at radius 3 is 2.38 bits per heavy atom. The summed E-state index contributed by atoms with van der Waals surface area (Å²) in [7, 11) is 0. The van der Waals surface area contributed by atoms with E-state index in [2.05, 4.69) is 27.7 Å². The minimum Gasteiger partial charge on any atom is -0.381 e. The van der Waals surface area contributed by atoms with Gasteiger partial charge in [0.1, 0.15) is 0 Å². The molecule has 0 aromatic rings. The van der Waals surface area contributed by atoms with E-state index in [4.69, 9.17) is 9.47 Å². The fraction of sp³-hybridized carbons (Fsp3) is 1.00. The topological polar surface area (TPSA) is 18.5 Å². The predicted molar refractivity (Wildman–Crippen MR) is 88.5 cm³/mol. The first-order valence-corrected chi connectivity index (χ1v) is 9.14. The maximum atomic E-state index is 6.19.